The summed E-state index contributed by atoms with van der Waals surface area (Å²) in [6, 6.07) is 9.76. The quantitative estimate of drug-likeness (QED) is 0.210. The number of benzene rings is 2. The minimum Gasteiger partial charge on any atom is -0.508 e. The van der Waals surface area contributed by atoms with Crippen molar-refractivity contribution in [2.24, 2.45) is 0 Å². The van der Waals surface area contributed by atoms with E-state index in [-0.39, 0.29) is 41.3 Å². The summed E-state index contributed by atoms with van der Waals surface area (Å²) in [5.74, 6) is -0.135. The summed E-state index contributed by atoms with van der Waals surface area (Å²) in [6.45, 7) is 1.12. The lowest BCUT2D eigenvalue weighted by Crippen LogP contribution is -2.58. The van der Waals surface area contributed by atoms with E-state index >= 15 is 0 Å². The number of aliphatic hydroxyl groups excluding tert-OH is 5. The second-order valence-corrected chi connectivity index (χ2v) is 9.87. The topological polar surface area (TPSA) is 209 Å². The molecule has 40 heavy (non-hydrogen) atoms. The number of hydrogen-bond acceptors (Lipinski definition) is 13. The molecule has 216 valence electrons. The molecule has 0 bridgehead atoms. The Kier molecular flexibility index (Phi) is 7.99. The lowest BCUT2D eigenvalue weighted by molar-refractivity contribution is -0.309. The monoisotopic (exact) mass is 562 g/mol. The highest BCUT2D eigenvalue weighted by molar-refractivity contribution is 5.86. The highest BCUT2D eigenvalue weighted by Crippen LogP contribution is 2.33. The Hall–Kier alpha value is -3.27. The molecule has 9 unspecified atom stereocenters. The molecule has 0 saturated carbocycles. The van der Waals surface area contributed by atoms with Crippen molar-refractivity contribution in [3.63, 3.8) is 0 Å². The molecule has 1 aromatic heterocycles. The summed E-state index contributed by atoms with van der Waals surface area (Å²) < 4.78 is 28.3. The maximum absolute atomic E-state index is 12.7. The highest BCUT2D eigenvalue weighted by atomic mass is 16.7. The number of aromatic hydroxyl groups is 2. The predicted molar refractivity (Wildman–Crippen MR) is 135 cm³/mol. The normalized spacial score (nSPS) is 32.7. The molecule has 2 aliphatic heterocycles. The van der Waals surface area contributed by atoms with Crippen molar-refractivity contribution in [2.45, 2.75) is 68.7 Å². The smallest absolute Gasteiger partial charge is 0.202 e. The Labute approximate surface area is 227 Å². The molecule has 3 heterocycles. The van der Waals surface area contributed by atoms with Crippen LogP contribution < -0.4 is 10.2 Å². The molecule has 2 aliphatic rings. The largest absolute Gasteiger partial charge is 0.508 e. The van der Waals surface area contributed by atoms with Crippen molar-refractivity contribution < 1.29 is 59.1 Å². The van der Waals surface area contributed by atoms with Crippen molar-refractivity contribution in [1.82, 2.24) is 0 Å². The van der Waals surface area contributed by atoms with E-state index in [0.717, 1.165) is 0 Å². The Morgan fingerprint density at radius 1 is 0.900 bits per heavy atom. The van der Waals surface area contributed by atoms with E-state index in [9.17, 15) is 40.5 Å². The van der Waals surface area contributed by atoms with Gasteiger partial charge < -0.3 is 59.1 Å². The Bertz CT molecular complexity index is 1390. The molecule has 7 N–H and O–H groups in total. The number of hydrogen-bond donors (Lipinski definition) is 7. The SMILES string of the molecule is CC1OC(OCC2OC(Oc3cc(O)c4c(=O)cc(-c5ccc(O)cc5)oc4c3)CC(O)C2O)C(O)C(O)C1O. The van der Waals surface area contributed by atoms with Gasteiger partial charge in [-0.15, -0.1) is 0 Å². The molecule has 0 aliphatic carbocycles. The lowest BCUT2D eigenvalue weighted by Gasteiger charge is -2.41. The van der Waals surface area contributed by atoms with E-state index in [1.54, 1.807) is 12.1 Å². The van der Waals surface area contributed by atoms with Crippen molar-refractivity contribution in [3.8, 4) is 28.6 Å². The van der Waals surface area contributed by atoms with Gasteiger partial charge in [0.05, 0.1) is 18.8 Å². The van der Waals surface area contributed by atoms with Crippen molar-refractivity contribution >= 4 is 11.0 Å². The van der Waals surface area contributed by atoms with Gasteiger partial charge in [0.25, 0.3) is 0 Å². The average molecular weight is 563 g/mol. The molecule has 0 radical (unpaired) electrons. The number of aliphatic hydroxyl groups is 5. The van der Waals surface area contributed by atoms with Crippen LogP contribution in [0, 0.1) is 0 Å². The lowest BCUT2D eigenvalue weighted by atomic mass is 10.00. The Balaban J connectivity index is 1.32. The molecule has 2 saturated heterocycles. The second kappa shape index (κ2) is 11.3. The zero-order valence-electron chi connectivity index (χ0n) is 21.2. The van der Waals surface area contributed by atoms with Crippen LogP contribution in [0.4, 0.5) is 0 Å². The Morgan fingerprint density at radius 2 is 1.62 bits per heavy atom. The van der Waals surface area contributed by atoms with E-state index < -0.39 is 66.5 Å². The van der Waals surface area contributed by atoms with Gasteiger partial charge in [0.15, 0.2) is 11.7 Å². The van der Waals surface area contributed by atoms with Crippen LogP contribution in [-0.2, 0) is 14.2 Å². The molecular weight excluding hydrogens is 532 g/mol. The molecular formula is C27H30O13. The third-order valence-corrected chi connectivity index (χ3v) is 6.97. The molecule has 2 fully saturated rings. The number of rotatable bonds is 6. The van der Waals surface area contributed by atoms with Gasteiger partial charge in [0.1, 0.15) is 64.5 Å². The average Bonchev–Trinajstić information content (AvgIpc) is 2.91. The fourth-order valence-corrected chi connectivity index (χ4v) is 4.70. The highest BCUT2D eigenvalue weighted by Gasteiger charge is 2.44. The van der Waals surface area contributed by atoms with Gasteiger partial charge in [0, 0.05) is 30.2 Å². The fourth-order valence-electron chi connectivity index (χ4n) is 4.70. The van der Waals surface area contributed by atoms with Crippen LogP contribution in [0.15, 0.2) is 51.7 Å². The zero-order valence-corrected chi connectivity index (χ0v) is 21.2. The molecule has 13 nitrogen and oxygen atoms in total. The summed E-state index contributed by atoms with van der Waals surface area (Å²) in [5, 5.41) is 70.8. The van der Waals surface area contributed by atoms with Crippen LogP contribution in [0.25, 0.3) is 22.3 Å². The van der Waals surface area contributed by atoms with E-state index in [1.807, 2.05) is 0 Å². The van der Waals surface area contributed by atoms with Crippen LogP contribution in [0.5, 0.6) is 17.2 Å². The first-order valence-electron chi connectivity index (χ1n) is 12.6. The number of fused-ring (bicyclic) bond motifs is 1. The molecule has 0 spiro atoms. The van der Waals surface area contributed by atoms with Gasteiger partial charge in [-0.3, -0.25) is 4.79 Å². The molecule has 2 aromatic carbocycles. The predicted octanol–water partition coefficient (Wildman–Crippen LogP) is -0.0691. The van der Waals surface area contributed by atoms with Crippen LogP contribution in [0.3, 0.4) is 0 Å². The molecule has 9 atom stereocenters. The van der Waals surface area contributed by atoms with Crippen molar-refractivity contribution in [1.29, 1.82) is 0 Å². The van der Waals surface area contributed by atoms with Gasteiger partial charge in [-0.1, -0.05) is 0 Å². The fraction of sp³-hybridized carbons (Fsp3) is 0.444. The summed E-state index contributed by atoms with van der Waals surface area (Å²) >= 11 is 0. The van der Waals surface area contributed by atoms with Gasteiger partial charge in [0.2, 0.25) is 6.29 Å². The van der Waals surface area contributed by atoms with Crippen LogP contribution in [0.2, 0.25) is 0 Å². The third kappa shape index (κ3) is 5.64. The van der Waals surface area contributed by atoms with Crippen LogP contribution in [-0.4, -0.2) is 97.7 Å². The van der Waals surface area contributed by atoms with Gasteiger partial charge in [-0.05, 0) is 31.2 Å². The number of phenols is 2. The molecule has 5 rings (SSSR count). The van der Waals surface area contributed by atoms with Crippen molar-refractivity contribution in [2.75, 3.05) is 6.61 Å². The Morgan fingerprint density at radius 3 is 2.35 bits per heavy atom. The second-order valence-electron chi connectivity index (χ2n) is 9.87. The first kappa shape index (κ1) is 28.3. The van der Waals surface area contributed by atoms with Crippen molar-refractivity contribution in [3.05, 3.63) is 52.7 Å². The third-order valence-electron chi connectivity index (χ3n) is 6.97. The molecule has 13 heteroatoms. The minimum absolute atomic E-state index is 0.0140. The molecule has 0 amide bonds. The van der Waals surface area contributed by atoms with E-state index in [1.165, 1.54) is 37.3 Å². The van der Waals surface area contributed by atoms with Crippen LogP contribution in [0.1, 0.15) is 13.3 Å². The summed E-state index contributed by atoms with van der Waals surface area (Å²) in [6.07, 6.45) is -11.6. The standard InChI is InChI=1S/C27H30O13/c1-11-23(32)25(34)26(35)27(37-11)36-10-20-24(33)17(31)9-21(40-20)38-14-6-15(29)22-16(30)8-18(39-19(22)7-14)12-2-4-13(28)5-3-12/h2-8,11,17,20-21,23-29,31-35H,9-10H2,1H3. The minimum atomic E-state index is -1.56. The van der Waals surface area contributed by atoms with Gasteiger partial charge in [-0.25, -0.2) is 0 Å². The zero-order chi connectivity index (χ0) is 28.7. The summed E-state index contributed by atoms with van der Waals surface area (Å²) in [7, 11) is 0. The number of ether oxygens (including phenoxy) is 4. The van der Waals surface area contributed by atoms with Gasteiger partial charge >= 0.3 is 0 Å². The maximum atomic E-state index is 12.7. The summed E-state index contributed by atoms with van der Waals surface area (Å²) in [5.41, 5.74) is 0.0268. The summed E-state index contributed by atoms with van der Waals surface area (Å²) in [4.78, 5) is 12.7. The first-order valence-corrected chi connectivity index (χ1v) is 12.6. The first-order chi connectivity index (χ1) is 19.0. The van der Waals surface area contributed by atoms with E-state index in [4.69, 9.17) is 23.4 Å². The van der Waals surface area contributed by atoms with E-state index in [2.05, 4.69) is 0 Å². The maximum Gasteiger partial charge on any atom is 0.202 e. The van der Waals surface area contributed by atoms with E-state index in [0.29, 0.717) is 5.56 Å². The number of phenolic OH excluding ortho intramolecular Hbond substituents is 2. The van der Waals surface area contributed by atoms with Gasteiger partial charge in [-0.2, -0.15) is 0 Å². The molecule has 3 aromatic rings. The van der Waals surface area contributed by atoms with Crippen LogP contribution >= 0.6 is 0 Å².